The van der Waals surface area contributed by atoms with Crippen molar-refractivity contribution in [3.8, 4) is 5.75 Å². The van der Waals surface area contributed by atoms with Crippen molar-refractivity contribution in [2.24, 2.45) is 0 Å². The fraction of sp³-hybridized carbons (Fsp3) is 0.167. The summed E-state index contributed by atoms with van der Waals surface area (Å²) in [6.07, 6.45) is 2.07. The van der Waals surface area contributed by atoms with Gasteiger partial charge >= 0.3 is 0 Å². The Kier molecular flexibility index (Phi) is 4.11. The van der Waals surface area contributed by atoms with E-state index >= 15 is 0 Å². The lowest BCUT2D eigenvalue weighted by Gasteiger charge is -2.10. The lowest BCUT2D eigenvalue weighted by molar-refractivity contribution is 0.307. The quantitative estimate of drug-likeness (QED) is 0.643. The van der Waals surface area contributed by atoms with E-state index in [-0.39, 0.29) is 0 Å². The summed E-state index contributed by atoms with van der Waals surface area (Å²) in [6.45, 7) is 2.58. The van der Waals surface area contributed by atoms with Gasteiger partial charge in [0.2, 0.25) is 0 Å². The predicted octanol–water partition coefficient (Wildman–Crippen LogP) is 4.84. The minimum Gasteiger partial charge on any atom is -0.489 e. The highest BCUT2D eigenvalue weighted by molar-refractivity contribution is 7.98. The van der Waals surface area contributed by atoms with Crippen molar-refractivity contribution in [1.29, 1.82) is 0 Å². The van der Waals surface area contributed by atoms with Crippen LogP contribution in [0.25, 0.3) is 10.9 Å². The van der Waals surface area contributed by atoms with Gasteiger partial charge in [-0.15, -0.1) is 11.8 Å². The third-order valence-corrected chi connectivity index (χ3v) is 4.13. The highest BCUT2D eigenvalue weighted by atomic mass is 32.2. The summed E-state index contributed by atoms with van der Waals surface area (Å²) in [5.74, 6) is 0.895. The van der Waals surface area contributed by atoms with Gasteiger partial charge in [-0.3, -0.25) is 4.98 Å². The summed E-state index contributed by atoms with van der Waals surface area (Å²) < 4.78 is 5.92. The molecule has 0 amide bonds. The first-order valence-electron chi connectivity index (χ1n) is 6.88. The topological polar surface area (TPSA) is 22.1 Å². The maximum atomic E-state index is 5.92. The second-order valence-corrected chi connectivity index (χ2v) is 5.78. The van der Waals surface area contributed by atoms with Gasteiger partial charge in [0.25, 0.3) is 0 Å². The molecule has 0 bridgehead atoms. The Morgan fingerprint density at radius 3 is 2.57 bits per heavy atom. The molecule has 0 N–H and O–H groups in total. The molecule has 0 radical (unpaired) electrons. The predicted molar refractivity (Wildman–Crippen MR) is 89.0 cm³/mol. The molecular weight excluding hydrogens is 278 g/mol. The minimum atomic E-state index is 0.558. The fourth-order valence-electron chi connectivity index (χ4n) is 2.35. The van der Waals surface area contributed by atoms with Gasteiger partial charge in [0, 0.05) is 21.5 Å². The number of rotatable bonds is 4. The molecular formula is C18H17NOS. The molecule has 3 rings (SSSR count). The van der Waals surface area contributed by atoms with E-state index in [1.165, 1.54) is 10.5 Å². The summed E-state index contributed by atoms with van der Waals surface area (Å²) in [6, 6.07) is 18.5. The van der Waals surface area contributed by atoms with Gasteiger partial charge < -0.3 is 4.74 Å². The number of ether oxygens (including phenoxy) is 1. The molecule has 2 nitrogen and oxygen atoms in total. The normalized spacial score (nSPS) is 10.8. The first-order valence-corrected chi connectivity index (χ1v) is 8.11. The first kappa shape index (κ1) is 14.0. The van der Waals surface area contributed by atoms with Crippen molar-refractivity contribution in [1.82, 2.24) is 4.98 Å². The van der Waals surface area contributed by atoms with Crippen molar-refractivity contribution in [2.75, 3.05) is 6.26 Å². The third-order valence-electron chi connectivity index (χ3n) is 3.38. The molecule has 0 aliphatic heterocycles. The molecule has 0 aliphatic rings. The van der Waals surface area contributed by atoms with Gasteiger partial charge in [0.15, 0.2) is 0 Å². The Hall–Kier alpha value is -2.00. The van der Waals surface area contributed by atoms with Crippen LogP contribution in [0.3, 0.4) is 0 Å². The average Bonchev–Trinajstić information content (AvgIpc) is 2.53. The summed E-state index contributed by atoms with van der Waals surface area (Å²) in [5.41, 5.74) is 3.21. The molecule has 0 unspecified atom stereocenters. The van der Waals surface area contributed by atoms with Crippen LogP contribution in [0.5, 0.6) is 5.75 Å². The summed E-state index contributed by atoms with van der Waals surface area (Å²) in [5, 5.41) is 1.16. The number of aromatic nitrogens is 1. The van der Waals surface area contributed by atoms with Crippen LogP contribution in [0.4, 0.5) is 0 Å². The molecule has 0 spiro atoms. The van der Waals surface area contributed by atoms with E-state index in [0.29, 0.717) is 6.61 Å². The number of nitrogens with zero attached hydrogens (tertiary/aromatic N) is 1. The second-order valence-electron chi connectivity index (χ2n) is 4.90. The Bertz CT molecular complexity index is 753. The molecule has 2 aromatic carbocycles. The van der Waals surface area contributed by atoms with Gasteiger partial charge in [0.1, 0.15) is 12.4 Å². The van der Waals surface area contributed by atoms with Crippen LogP contribution in [0.15, 0.2) is 59.5 Å². The van der Waals surface area contributed by atoms with Crippen LogP contribution in [0, 0.1) is 6.92 Å². The van der Waals surface area contributed by atoms with Crippen molar-refractivity contribution < 1.29 is 4.74 Å². The van der Waals surface area contributed by atoms with Crippen molar-refractivity contribution in [3.05, 3.63) is 65.9 Å². The number of hydrogen-bond acceptors (Lipinski definition) is 3. The third kappa shape index (κ3) is 3.19. The van der Waals surface area contributed by atoms with E-state index in [0.717, 1.165) is 22.3 Å². The molecule has 0 atom stereocenters. The Morgan fingerprint density at radius 1 is 1.05 bits per heavy atom. The van der Waals surface area contributed by atoms with E-state index in [2.05, 4.69) is 35.5 Å². The van der Waals surface area contributed by atoms with Crippen molar-refractivity contribution in [2.45, 2.75) is 18.4 Å². The van der Waals surface area contributed by atoms with Crippen LogP contribution < -0.4 is 4.74 Å². The number of pyridine rings is 1. The second kappa shape index (κ2) is 6.19. The van der Waals surface area contributed by atoms with E-state index < -0.39 is 0 Å². The number of thioether (sulfide) groups is 1. The van der Waals surface area contributed by atoms with Crippen LogP contribution in [0.1, 0.15) is 11.3 Å². The molecule has 0 aliphatic carbocycles. The van der Waals surface area contributed by atoms with Crippen LogP contribution in [-0.4, -0.2) is 11.2 Å². The van der Waals surface area contributed by atoms with Crippen LogP contribution in [0.2, 0.25) is 0 Å². The molecule has 1 aromatic heterocycles. The summed E-state index contributed by atoms with van der Waals surface area (Å²) >= 11 is 1.73. The molecule has 1 heterocycles. The van der Waals surface area contributed by atoms with E-state index in [4.69, 9.17) is 4.74 Å². The zero-order chi connectivity index (χ0) is 14.7. The number of fused-ring (bicyclic) bond motifs is 1. The molecule has 3 heteroatoms. The molecule has 0 saturated heterocycles. The smallest absolute Gasteiger partial charge is 0.119 e. The maximum Gasteiger partial charge on any atom is 0.119 e. The van der Waals surface area contributed by atoms with E-state index in [9.17, 15) is 0 Å². The van der Waals surface area contributed by atoms with E-state index in [1.807, 2.05) is 37.3 Å². The molecule has 21 heavy (non-hydrogen) atoms. The van der Waals surface area contributed by atoms with Crippen LogP contribution >= 0.6 is 11.8 Å². The average molecular weight is 295 g/mol. The van der Waals surface area contributed by atoms with Gasteiger partial charge in [0.05, 0.1) is 5.52 Å². The van der Waals surface area contributed by atoms with E-state index in [1.54, 1.807) is 11.8 Å². The monoisotopic (exact) mass is 295 g/mol. The Balaban J connectivity index is 1.84. The molecule has 0 fully saturated rings. The SMILES string of the molecule is CSc1ccc(OCc2cc(C)nc3ccccc23)cc1. The molecule has 3 aromatic rings. The Labute approximate surface area is 129 Å². The number of benzene rings is 2. The summed E-state index contributed by atoms with van der Waals surface area (Å²) in [4.78, 5) is 5.80. The largest absolute Gasteiger partial charge is 0.489 e. The zero-order valence-electron chi connectivity index (χ0n) is 12.2. The maximum absolute atomic E-state index is 5.92. The van der Waals surface area contributed by atoms with Gasteiger partial charge in [-0.25, -0.2) is 0 Å². The standard InChI is InChI=1S/C18H17NOS/c1-13-11-14(17-5-3-4-6-18(17)19-13)12-20-15-7-9-16(21-2)10-8-15/h3-11H,12H2,1-2H3. The highest BCUT2D eigenvalue weighted by Gasteiger charge is 2.04. The first-order chi connectivity index (χ1) is 10.3. The van der Waals surface area contributed by atoms with Gasteiger partial charge in [-0.1, -0.05) is 18.2 Å². The van der Waals surface area contributed by atoms with Gasteiger partial charge in [-0.2, -0.15) is 0 Å². The lowest BCUT2D eigenvalue weighted by atomic mass is 10.1. The van der Waals surface area contributed by atoms with Crippen molar-refractivity contribution in [3.63, 3.8) is 0 Å². The van der Waals surface area contributed by atoms with Gasteiger partial charge in [-0.05, 0) is 49.6 Å². The fourth-order valence-corrected chi connectivity index (χ4v) is 2.76. The molecule has 0 saturated carbocycles. The number of aryl methyl sites for hydroxylation is 1. The highest BCUT2D eigenvalue weighted by Crippen LogP contribution is 2.22. The number of para-hydroxylation sites is 1. The molecule has 106 valence electrons. The van der Waals surface area contributed by atoms with Crippen LogP contribution in [-0.2, 0) is 6.61 Å². The van der Waals surface area contributed by atoms with Crippen molar-refractivity contribution >= 4 is 22.7 Å². The zero-order valence-corrected chi connectivity index (χ0v) is 13.0. The minimum absolute atomic E-state index is 0.558. The lowest BCUT2D eigenvalue weighted by Crippen LogP contribution is -1.98. The Morgan fingerprint density at radius 2 is 1.81 bits per heavy atom. The number of hydrogen-bond donors (Lipinski definition) is 0. The summed E-state index contributed by atoms with van der Waals surface area (Å²) in [7, 11) is 0.